The van der Waals surface area contributed by atoms with E-state index in [1.54, 1.807) is 13.0 Å². The normalized spacial score (nSPS) is 15.3. The smallest absolute Gasteiger partial charge is 0.367 e. The fourth-order valence-corrected chi connectivity index (χ4v) is 3.84. The molecule has 1 aliphatic heterocycles. The molecule has 0 aliphatic carbocycles. The molecule has 0 fully saturated rings. The van der Waals surface area contributed by atoms with Gasteiger partial charge in [0.05, 0.1) is 15.8 Å². The van der Waals surface area contributed by atoms with E-state index in [1.807, 2.05) is 36.4 Å². The van der Waals surface area contributed by atoms with Gasteiger partial charge in [-0.05, 0) is 47.1 Å². The number of carbonyl (C=O) groups is 1. The van der Waals surface area contributed by atoms with E-state index in [2.05, 4.69) is 37.0 Å². The molecule has 0 spiro atoms. The minimum absolute atomic E-state index is 0.299. The second kappa shape index (κ2) is 7.72. The van der Waals surface area contributed by atoms with Crippen molar-refractivity contribution in [3.8, 4) is 5.75 Å². The summed E-state index contributed by atoms with van der Waals surface area (Å²) in [5, 5.41) is 4.33. The molecule has 0 saturated carbocycles. The lowest BCUT2D eigenvalue weighted by molar-refractivity contribution is -0.136. The van der Waals surface area contributed by atoms with E-state index in [9.17, 15) is 4.79 Å². The molecule has 0 amide bonds. The van der Waals surface area contributed by atoms with Crippen LogP contribution in [0.25, 0.3) is 6.08 Å². The van der Waals surface area contributed by atoms with Crippen LogP contribution in [0.2, 0.25) is 5.02 Å². The van der Waals surface area contributed by atoms with Gasteiger partial charge in [0.2, 0.25) is 0 Å². The number of nitrogens with zero attached hydrogens (tertiary/aromatic N) is 1. The number of ether oxygens (including phenoxy) is 1. The summed E-state index contributed by atoms with van der Waals surface area (Å²) in [6.07, 6.45) is 1.70. The van der Waals surface area contributed by atoms with E-state index in [-0.39, 0.29) is 0 Å². The molecule has 4 nitrogen and oxygen atoms in total. The van der Waals surface area contributed by atoms with E-state index < -0.39 is 5.97 Å². The van der Waals surface area contributed by atoms with Crippen LogP contribution in [0.3, 0.4) is 0 Å². The van der Waals surface area contributed by atoms with Crippen LogP contribution in [0.5, 0.6) is 5.75 Å². The first-order chi connectivity index (χ1) is 12.0. The fourth-order valence-electron chi connectivity index (χ4n) is 2.28. The number of oxime groups is 1. The predicted molar refractivity (Wildman–Crippen MR) is 105 cm³/mol. The highest BCUT2D eigenvalue weighted by Crippen LogP contribution is 2.35. The first-order valence-corrected chi connectivity index (χ1v) is 9.25. The van der Waals surface area contributed by atoms with Gasteiger partial charge in [-0.3, -0.25) is 0 Å². The second-order valence-corrected chi connectivity index (χ2v) is 7.48. The van der Waals surface area contributed by atoms with Crippen LogP contribution in [0.1, 0.15) is 18.1 Å². The van der Waals surface area contributed by atoms with Crippen molar-refractivity contribution >= 4 is 61.2 Å². The van der Waals surface area contributed by atoms with Gasteiger partial charge in [-0.1, -0.05) is 50.9 Å². The van der Waals surface area contributed by atoms with Gasteiger partial charge < -0.3 is 9.57 Å². The average Bonchev–Trinajstić information content (AvgIpc) is 2.87. The van der Waals surface area contributed by atoms with Gasteiger partial charge >= 0.3 is 5.97 Å². The summed E-state index contributed by atoms with van der Waals surface area (Å²) in [6.45, 7) is 2.02. The summed E-state index contributed by atoms with van der Waals surface area (Å²) in [5.74, 6) is 0.119. The van der Waals surface area contributed by atoms with Gasteiger partial charge in [0, 0.05) is 20.6 Å². The highest BCUT2D eigenvalue weighted by molar-refractivity contribution is 9.11. The zero-order valence-electron chi connectivity index (χ0n) is 13.1. The van der Waals surface area contributed by atoms with Crippen LogP contribution in [0, 0.1) is 0 Å². The van der Waals surface area contributed by atoms with E-state index >= 15 is 0 Å². The molecule has 0 aromatic heterocycles. The largest absolute Gasteiger partial charge is 0.487 e. The average molecular weight is 486 g/mol. The Balaban J connectivity index is 1.96. The van der Waals surface area contributed by atoms with Crippen molar-refractivity contribution in [3.05, 3.63) is 67.1 Å². The second-order valence-electron chi connectivity index (χ2n) is 5.30. The first-order valence-electron chi connectivity index (χ1n) is 7.29. The number of benzene rings is 2. The van der Waals surface area contributed by atoms with Crippen molar-refractivity contribution in [2.24, 2.45) is 5.16 Å². The van der Waals surface area contributed by atoms with Crippen LogP contribution in [-0.2, 0) is 16.2 Å². The summed E-state index contributed by atoms with van der Waals surface area (Å²) in [4.78, 5) is 16.5. The zero-order valence-corrected chi connectivity index (χ0v) is 17.0. The summed E-state index contributed by atoms with van der Waals surface area (Å²) >= 11 is 13.1. The van der Waals surface area contributed by atoms with Crippen molar-refractivity contribution in [1.82, 2.24) is 0 Å². The number of hydrogen-bond donors (Lipinski definition) is 0. The minimum Gasteiger partial charge on any atom is -0.487 e. The van der Waals surface area contributed by atoms with Crippen molar-refractivity contribution in [2.75, 3.05) is 0 Å². The molecule has 0 atom stereocenters. The molecule has 0 bridgehead atoms. The third-order valence-corrected chi connectivity index (χ3v) is 4.96. The molecular weight excluding hydrogens is 473 g/mol. The molecule has 7 heteroatoms. The molecule has 2 aromatic carbocycles. The Morgan fingerprint density at radius 2 is 2.04 bits per heavy atom. The maximum atomic E-state index is 11.8. The lowest BCUT2D eigenvalue weighted by Crippen LogP contribution is -2.03. The van der Waals surface area contributed by atoms with Crippen molar-refractivity contribution < 1.29 is 14.4 Å². The Kier molecular flexibility index (Phi) is 5.61. The molecule has 0 N–H and O–H groups in total. The lowest BCUT2D eigenvalue weighted by Gasteiger charge is -2.13. The summed E-state index contributed by atoms with van der Waals surface area (Å²) in [7, 11) is 0. The van der Waals surface area contributed by atoms with E-state index in [0.29, 0.717) is 28.7 Å². The number of halogens is 3. The quantitative estimate of drug-likeness (QED) is 0.409. The van der Waals surface area contributed by atoms with E-state index in [1.165, 1.54) is 0 Å². The Bertz CT molecular complexity index is 909. The number of rotatable bonds is 4. The first kappa shape index (κ1) is 18.2. The Labute approximate surface area is 166 Å². The van der Waals surface area contributed by atoms with Crippen molar-refractivity contribution in [3.63, 3.8) is 0 Å². The monoisotopic (exact) mass is 483 g/mol. The standard InChI is InChI=1S/C18H12Br2ClNO3/c1-10-14(18(23)25-22-10)7-12-6-13(19)8-15(20)17(12)24-9-11-4-2-3-5-16(11)21/h2-8H,9H2,1H3/b14-7-. The third kappa shape index (κ3) is 4.14. The predicted octanol–water partition coefficient (Wildman–Crippen LogP) is 5.76. The minimum atomic E-state index is -0.481. The topological polar surface area (TPSA) is 47.9 Å². The SMILES string of the molecule is CC1=NOC(=O)/C1=C\c1cc(Br)cc(Br)c1OCc1ccccc1Cl. The number of carbonyl (C=O) groups excluding carboxylic acids is 1. The molecule has 0 radical (unpaired) electrons. The molecule has 128 valence electrons. The maximum Gasteiger partial charge on any atom is 0.367 e. The Morgan fingerprint density at radius 3 is 2.72 bits per heavy atom. The van der Waals surface area contributed by atoms with Crippen LogP contribution in [-0.4, -0.2) is 11.7 Å². The highest BCUT2D eigenvalue weighted by Gasteiger charge is 2.23. The Morgan fingerprint density at radius 1 is 1.28 bits per heavy atom. The summed E-state index contributed by atoms with van der Waals surface area (Å²) < 4.78 is 7.58. The molecule has 2 aromatic rings. The van der Waals surface area contributed by atoms with Gasteiger partial charge in [-0.15, -0.1) is 0 Å². The molecule has 1 heterocycles. The van der Waals surface area contributed by atoms with Crippen LogP contribution < -0.4 is 4.74 Å². The van der Waals surface area contributed by atoms with Crippen LogP contribution in [0.4, 0.5) is 0 Å². The van der Waals surface area contributed by atoms with Gasteiger partial charge in [-0.25, -0.2) is 4.79 Å². The van der Waals surface area contributed by atoms with Crippen LogP contribution >= 0.6 is 43.5 Å². The van der Waals surface area contributed by atoms with Gasteiger partial charge in [0.25, 0.3) is 0 Å². The van der Waals surface area contributed by atoms with Gasteiger partial charge in [0.15, 0.2) is 0 Å². The van der Waals surface area contributed by atoms with Gasteiger partial charge in [-0.2, -0.15) is 0 Å². The fraction of sp³-hybridized carbons (Fsp3) is 0.111. The molecule has 0 saturated heterocycles. The van der Waals surface area contributed by atoms with Crippen LogP contribution in [0.15, 0.2) is 56.1 Å². The Hall–Kier alpha value is -1.63. The lowest BCUT2D eigenvalue weighted by atomic mass is 10.1. The van der Waals surface area contributed by atoms with E-state index in [4.69, 9.17) is 21.2 Å². The molecule has 25 heavy (non-hydrogen) atoms. The molecule has 3 rings (SSSR count). The molecule has 0 unspecified atom stereocenters. The van der Waals surface area contributed by atoms with Gasteiger partial charge in [0.1, 0.15) is 12.4 Å². The van der Waals surface area contributed by atoms with E-state index in [0.717, 1.165) is 20.1 Å². The third-order valence-electron chi connectivity index (χ3n) is 3.54. The zero-order chi connectivity index (χ0) is 18.0. The summed E-state index contributed by atoms with van der Waals surface area (Å²) in [5.41, 5.74) is 2.51. The number of hydrogen-bond acceptors (Lipinski definition) is 4. The molecule has 1 aliphatic rings. The molecular formula is C18H12Br2ClNO3. The van der Waals surface area contributed by atoms with Crippen molar-refractivity contribution in [2.45, 2.75) is 13.5 Å². The van der Waals surface area contributed by atoms with Crippen molar-refractivity contribution in [1.29, 1.82) is 0 Å². The highest BCUT2D eigenvalue weighted by atomic mass is 79.9. The maximum absolute atomic E-state index is 11.8. The summed E-state index contributed by atoms with van der Waals surface area (Å²) in [6, 6.07) is 11.2.